The minimum Gasteiger partial charge on any atom is -0.483 e. The zero-order valence-corrected chi connectivity index (χ0v) is 26.7. The van der Waals surface area contributed by atoms with Crippen molar-refractivity contribution in [1.29, 1.82) is 0 Å². The number of halogens is 3. The molecule has 0 saturated carbocycles. The Hall–Kier alpha value is -2.54. The molecule has 3 aromatic rings. The summed E-state index contributed by atoms with van der Waals surface area (Å²) in [5.41, 5.74) is 2.73. The van der Waals surface area contributed by atoms with E-state index in [1.807, 2.05) is 62.4 Å². The van der Waals surface area contributed by atoms with Gasteiger partial charge in [0.25, 0.3) is 5.91 Å². The second-order valence-electron chi connectivity index (χ2n) is 11.0. The number of rotatable bonds is 11. The summed E-state index contributed by atoms with van der Waals surface area (Å²) < 4.78 is 6.75. The summed E-state index contributed by atoms with van der Waals surface area (Å²) in [5, 5.41) is 3.98. The van der Waals surface area contributed by atoms with Gasteiger partial charge in [0.15, 0.2) is 6.61 Å². The highest BCUT2D eigenvalue weighted by Crippen LogP contribution is 2.32. The number of hydrogen-bond donors (Lipinski definition) is 1. The summed E-state index contributed by atoms with van der Waals surface area (Å²) in [6.45, 7) is 10.2. The van der Waals surface area contributed by atoms with Gasteiger partial charge in [0.2, 0.25) is 5.91 Å². The highest BCUT2D eigenvalue weighted by atomic mass is 79.9. The van der Waals surface area contributed by atoms with Crippen molar-refractivity contribution in [2.45, 2.75) is 71.5 Å². The van der Waals surface area contributed by atoms with Crippen LogP contribution in [0.4, 0.5) is 0 Å². The van der Waals surface area contributed by atoms with Crippen LogP contribution in [0.2, 0.25) is 10.0 Å². The second kappa shape index (κ2) is 14.4. The SMILES string of the molecule is CC[C@@H](C)NC(=O)[C@H](Cc1ccccc1)N(Cc1ccc(Cl)cc1Cl)C(=O)COc1ccc(C(C)(C)C)cc1Br. The van der Waals surface area contributed by atoms with Crippen molar-refractivity contribution in [3.8, 4) is 5.75 Å². The number of nitrogens with one attached hydrogen (secondary N) is 1. The van der Waals surface area contributed by atoms with Crippen molar-refractivity contribution < 1.29 is 14.3 Å². The lowest BCUT2D eigenvalue weighted by Crippen LogP contribution is -2.53. The van der Waals surface area contributed by atoms with Gasteiger partial charge >= 0.3 is 0 Å². The molecule has 0 bridgehead atoms. The highest BCUT2D eigenvalue weighted by Gasteiger charge is 2.32. The highest BCUT2D eigenvalue weighted by molar-refractivity contribution is 9.10. The number of nitrogens with zero attached hydrogens (tertiary/aromatic N) is 1. The van der Waals surface area contributed by atoms with Gasteiger partial charge in [-0.25, -0.2) is 0 Å². The van der Waals surface area contributed by atoms with E-state index in [2.05, 4.69) is 42.0 Å². The van der Waals surface area contributed by atoms with Crippen LogP contribution in [0.25, 0.3) is 0 Å². The molecule has 0 saturated heterocycles. The first-order chi connectivity index (χ1) is 18.9. The van der Waals surface area contributed by atoms with Crippen LogP contribution in [0.15, 0.2) is 71.2 Å². The maximum absolute atomic E-state index is 13.9. The summed E-state index contributed by atoms with van der Waals surface area (Å²) in [7, 11) is 0. The molecule has 0 aliphatic carbocycles. The smallest absolute Gasteiger partial charge is 0.261 e. The van der Waals surface area contributed by atoms with Crippen molar-refractivity contribution in [2.75, 3.05) is 6.61 Å². The average Bonchev–Trinajstić information content (AvgIpc) is 2.90. The first-order valence-corrected chi connectivity index (χ1v) is 14.9. The Morgan fingerprint density at radius 2 is 1.73 bits per heavy atom. The van der Waals surface area contributed by atoms with Gasteiger partial charge < -0.3 is 15.0 Å². The fourth-order valence-electron chi connectivity index (χ4n) is 4.14. The van der Waals surface area contributed by atoms with Gasteiger partial charge in [-0.2, -0.15) is 0 Å². The Morgan fingerprint density at radius 3 is 2.33 bits per heavy atom. The standard InChI is InChI=1S/C32H37BrCl2N2O3/c1-6-21(2)36-31(39)28(16-22-10-8-7-9-11-22)37(19-23-12-14-25(34)18-27(23)35)30(38)20-40-29-15-13-24(17-26(29)33)32(3,4)5/h7-15,17-18,21,28H,6,16,19-20H2,1-5H3,(H,36,39)/t21-,28+/m1/s1. The Kier molecular flexibility index (Phi) is 11.5. The molecule has 2 atom stereocenters. The van der Waals surface area contributed by atoms with Gasteiger partial charge in [-0.3, -0.25) is 9.59 Å². The molecular formula is C32H37BrCl2N2O3. The maximum atomic E-state index is 13.9. The largest absolute Gasteiger partial charge is 0.483 e. The molecule has 0 aromatic heterocycles. The van der Waals surface area contributed by atoms with E-state index >= 15 is 0 Å². The molecule has 214 valence electrons. The monoisotopic (exact) mass is 646 g/mol. The summed E-state index contributed by atoms with van der Waals surface area (Å²) in [5.74, 6) is -0.0140. The van der Waals surface area contributed by atoms with Crippen LogP contribution < -0.4 is 10.1 Å². The lowest BCUT2D eigenvalue weighted by atomic mass is 9.87. The lowest BCUT2D eigenvalue weighted by molar-refractivity contribution is -0.143. The Bertz CT molecular complexity index is 1310. The van der Waals surface area contributed by atoms with Crippen molar-refractivity contribution in [2.24, 2.45) is 0 Å². The molecular weight excluding hydrogens is 611 g/mol. The Labute approximate surface area is 256 Å². The number of carbonyl (C=O) groups excluding carboxylic acids is 2. The van der Waals surface area contributed by atoms with Crippen LogP contribution in [0.5, 0.6) is 5.75 Å². The summed E-state index contributed by atoms with van der Waals surface area (Å²) in [6, 6.07) is 19.8. The van der Waals surface area contributed by atoms with E-state index in [-0.39, 0.29) is 36.4 Å². The average molecular weight is 648 g/mol. The van der Waals surface area contributed by atoms with Crippen molar-refractivity contribution >= 4 is 50.9 Å². The van der Waals surface area contributed by atoms with E-state index in [0.717, 1.165) is 22.0 Å². The van der Waals surface area contributed by atoms with Crippen LogP contribution in [-0.2, 0) is 28.0 Å². The van der Waals surface area contributed by atoms with E-state index in [0.29, 0.717) is 27.8 Å². The normalized spacial score (nSPS) is 12.9. The first-order valence-electron chi connectivity index (χ1n) is 13.4. The summed E-state index contributed by atoms with van der Waals surface area (Å²) in [6.07, 6.45) is 1.10. The van der Waals surface area contributed by atoms with E-state index < -0.39 is 6.04 Å². The van der Waals surface area contributed by atoms with Crippen LogP contribution in [0, 0.1) is 0 Å². The molecule has 0 spiro atoms. The van der Waals surface area contributed by atoms with Crippen LogP contribution in [0.3, 0.4) is 0 Å². The van der Waals surface area contributed by atoms with Gasteiger partial charge in [0.05, 0.1) is 4.47 Å². The molecule has 0 unspecified atom stereocenters. The molecule has 3 aromatic carbocycles. The van der Waals surface area contributed by atoms with Gasteiger partial charge in [-0.15, -0.1) is 0 Å². The molecule has 0 heterocycles. The molecule has 2 amide bonds. The minimum atomic E-state index is -0.786. The summed E-state index contributed by atoms with van der Waals surface area (Å²) in [4.78, 5) is 29.1. The van der Waals surface area contributed by atoms with E-state index in [9.17, 15) is 9.59 Å². The quantitative estimate of drug-likeness (QED) is 0.230. The van der Waals surface area contributed by atoms with Gasteiger partial charge in [-0.1, -0.05) is 93.4 Å². The molecule has 0 aliphatic heterocycles. The van der Waals surface area contributed by atoms with Crippen LogP contribution in [-0.4, -0.2) is 35.4 Å². The molecule has 3 rings (SSSR count). The Morgan fingerprint density at radius 1 is 1.02 bits per heavy atom. The minimum absolute atomic E-state index is 0.0286. The molecule has 5 nitrogen and oxygen atoms in total. The third kappa shape index (κ3) is 8.98. The molecule has 0 aliphatic rings. The van der Waals surface area contributed by atoms with Gasteiger partial charge in [0.1, 0.15) is 11.8 Å². The van der Waals surface area contributed by atoms with Crippen molar-refractivity contribution in [3.05, 3.63) is 97.9 Å². The van der Waals surface area contributed by atoms with E-state index in [1.54, 1.807) is 23.1 Å². The maximum Gasteiger partial charge on any atom is 0.261 e. The topological polar surface area (TPSA) is 58.6 Å². The van der Waals surface area contributed by atoms with Gasteiger partial charge in [0, 0.05) is 29.1 Å². The van der Waals surface area contributed by atoms with E-state index in [1.165, 1.54) is 0 Å². The third-order valence-corrected chi connectivity index (χ3v) is 7.98. The molecule has 0 radical (unpaired) electrons. The predicted molar refractivity (Wildman–Crippen MR) is 167 cm³/mol. The number of benzene rings is 3. The zero-order valence-electron chi connectivity index (χ0n) is 23.6. The first kappa shape index (κ1) is 32.0. The van der Waals surface area contributed by atoms with Crippen LogP contribution >= 0.6 is 39.1 Å². The predicted octanol–water partition coefficient (Wildman–Crippen LogP) is 7.99. The molecule has 40 heavy (non-hydrogen) atoms. The fourth-order valence-corrected chi connectivity index (χ4v) is 5.10. The Balaban J connectivity index is 1.95. The number of ether oxygens (including phenoxy) is 1. The third-order valence-electron chi connectivity index (χ3n) is 6.78. The number of hydrogen-bond acceptors (Lipinski definition) is 3. The molecule has 0 fully saturated rings. The second-order valence-corrected chi connectivity index (χ2v) is 12.7. The van der Waals surface area contributed by atoms with E-state index in [4.69, 9.17) is 27.9 Å². The van der Waals surface area contributed by atoms with Crippen LogP contribution in [0.1, 0.15) is 57.7 Å². The number of amides is 2. The number of carbonyl (C=O) groups is 2. The van der Waals surface area contributed by atoms with Gasteiger partial charge in [-0.05, 0) is 75.6 Å². The lowest BCUT2D eigenvalue weighted by Gasteiger charge is -2.32. The molecule has 8 heteroatoms. The van der Waals surface area contributed by atoms with Crippen molar-refractivity contribution in [1.82, 2.24) is 10.2 Å². The summed E-state index contributed by atoms with van der Waals surface area (Å²) >= 11 is 16.2. The van der Waals surface area contributed by atoms with Crippen molar-refractivity contribution in [3.63, 3.8) is 0 Å². The zero-order chi connectivity index (χ0) is 29.4. The fraction of sp³-hybridized carbons (Fsp3) is 0.375. The molecule has 1 N–H and O–H groups in total.